The minimum atomic E-state index is -3.30. The van der Waals surface area contributed by atoms with Crippen molar-refractivity contribution in [3.63, 3.8) is 0 Å². The smallest absolute Gasteiger partial charge is 0.177 e. The lowest BCUT2D eigenvalue weighted by molar-refractivity contribution is 0.408. The van der Waals surface area contributed by atoms with Gasteiger partial charge in [-0.15, -0.1) is 11.6 Å². The van der Waals surface area contributed by atoms with Crippen LogP contribution < -0.4 is 0 Å². The van der Waals surface area contributed by atoms with Gasteiger partial charge in [-0.25, -0.2) is 13.4 Å². The fraction of sp³-hybridized carbons (Fsp3) is 0.533. The molecule has 3 rings (SSSR count). The van der Waals surface area contributed by atoms with Crippen molar-refractivity contribution in [3.8, 4) is 0 Å². The third-order valence-electron chi connectivity index (χ3n) is 4.42. The van der Waals surface area contributed by atoms with Crippen molar-refractivity contribution in [3.05, 3.63) is 24.0 Å². The molecule has 21 heavy (non-hydrogen) atoms. The molecule has 1 saturated carbocycles. The third kappa shape index (κ3) is 2.46. The lowest BCUT2D eigenvalue weighted by Crippen LogP contribution is -2.14. The molecule has 114 valence electrons. The van der Waals surface area contributed by atoms with E-state index in [9.17, 15) is 8.42 Å². The number of alkyl halides is 1. The van der Waals surface area contributed by atoms with E-state index in [-0.39, 0.29) is 4.90 Å². The van der Waals surface area contributed by atoms with E-state index in [0.717, 1.165) is 17.8 Å². The Morgan fingerprint density at radius 3 is 2.71 bits per heavy atom. The summed E-state index contributed by atoms with van der Waals surface area (Å²) in [5.41, 5.74) is 1.43. The second kappa shape index (κ2) is 5.29. The van der Waals surface area contributed by atoms with Gasteiger partial charge in [0.15, 0.2) is 9.84 Å². The maximum Gasteiger partial charge on any atom is 0.177 e. The Labute approximate surface area is 130 Å². The predicted octanol–water partition coefficient (Wildman–Crippen LogP) is 3.54. The molecule has 2 aromatic rings. The number of hydrogen-bond acceptors (Lipinski definition) is 3. The SMILES string of the molecule is CC1CCCC1n1c(CCl)nc2c(S(C)(=O)=O)cccc21. The van der Waals surface area contributed by atoms with Crippen LogP contribution in [0.4, 0.5) is 0 Å². The summed E-state index contributed by atoms with van der Waals surface area (Å²) in [5.74, 6) is 1.62. The van der Waals surface area contributed by atoms with Gasteiger partial charge in [-0.2, -0.15) is 0 Å². The first-order chi connectivity index (χ1) is 9.93. The van der Waals surface area contributed by atoms with Gasteiger partial charge in [0, 0.05) is 12.3 Å². The number of hydrogen-bond donors (Lipinski definition) is 0. The molecule has 0 amide bonds. The van der Waals surface area contributed by atoms with Crippen LogP contribution in [-0.4, -0.2) is 24.2 Å². The van der Waals surface area contributed by atoms with E-state index < -0.39 is 9.84 Å². The van der Waals surface area contributed by atoms with Crippen LogP contribution in [-0.2, 0) is 15.7 Å². The molecule has 0 aliphatic heterocycles. The lowest BCUT2D eigenvalue weighted by atomic mass is 10.1. The van der Waals surface area contributed by atoms with Crippen molar-refractivity contribution in [2.45, 2.75) is 43.0 Å². The summed E-state index contributed by atoms with van der Waals surface area (Å²) >= 11 is 6.06. The Morgan fingerprint density at radius 1 is 1.38 bits per heavy atom. The summed E-state index contributed by atoms with van der Waals surface area (Å²) in [6.45, 7) is 2.24. The zero-order valence-electron chi connectivity index (χ0n) is 12.2. The molecule has 1 aromatic heterocycles. The summed E-state index contributed by atoms with van der Waals surface area (Å²) in [4.78, 5) is 4.82. The van der Waals surface area contributed by atoms with E-state index >= 15 is 0 Å². The molecular formula is C15H19ClN2O2S. The highest BCUT2D eigenvalue weighted by Crippen LogP contribution is 2.39. The summed E-state index contributed by atoms with van der Waals surface area (Å²) in [5, 5.41) is 0. The Hall–Kier alpha value is -1.07. The molecule has 0 bridgehead atoms. The Morgan fingerprint density at radius 2 is 2.14 bits per heavy atom. The van der Waals surface area contributed by atoms with Gasteiger partial charge in [-0.1, -0.05) is 19.4 Å². The highest BCUT2D eigenvalue weighted by Gasteiger charge is 2.29. The molecule has 2 atom stereocenters. The van der Waals surface area contributed by atoms with Crippen LogP contribution in [0.15, 0.2) is 23.1 Å². The topological polar surface area (TPSA) is 52.0 Å². The number of halogens is 1. The number of sulfone groups is 1. The van der Waals surface area contributed by atoms with E-state index in [1.54, 1.807) is 12.1 Å². The summed E-state index contributed by atoms with van der Waals surface area (Å²) in [7, 11) is -3.30. The number of imidazole rings is 1. The van der Waals surface area contributed by atoms with Crippen LogP contribution in [0.25, 0.3) is 11.0 Å². The molecule has 0 spiro atoms. The average Bonchev–Trinajstić information content (AvgIpc) is 2.99. The highest BCUT2D eigenvalue weighted by atomic mass is 35.5. The van der Waals surface area contributed by atoms with E-state index in [0.29, 0.717) is 23.4 Å². The molecule has 4 nitrogen and oxygen atoms in total. The van der Waals surface area contributed by atoms with Crippen LogP contribution in [0, 0.1) is 5.92 Å². The highest BCUT2D eigenvalue weighted by molar-refractivity contribution is 7.91. The van der Waals surface area contributed by atoms with Crippen LogP contribution >= 0.6 is 11.6 Å². The van der Waals surface area contributed by atoms with Gasteiger partial charge >= 0.3 is 0 Å². The fourth-order valence-corrected chi connectivity index (χ4v) is 4.43. The first kappa shape index (κ1) is 14.9. The monoisotopic (exact) mass is 326 g/mol. The van der Waals surface area contributed by atoms with E-state index in [1.807, 2.05) is 6.07 Å². The van der Waals surface area contributed by atoms with Gasteiger partial charge in [0.1, 0.15) is 11.3 Å². The predicted molar refractivity (Wildman–Crippen MR) is 84.5 cm³/mol. The Bertz CT molecular complexity index is 782. The summed E-state index contributed by atoms with van der Waals surface area (Å²) in [6, 6.07) is 5.70. The maximum absolute atomic E-state index is 12.0. The molecule has 0 N–H and O–H groups in total. The van der Waals surface area contributed by atoms with Crippen LogP contribution in [0.5, 0.6) is 0 Å². The van der Waals surface area contributed by atoms with Gasteiger partial charge in [-0.3, -0.25) is 0 Å². The van der Waals surface area contributed by atoms with Crippen molar-refractivity contribution in [2.24, 2.45) is 5.92 Å². The Balaban J connectivity index is 2.29. The molecule has 1 aliphatic rings. The largest absolute Gasteiger partial charge is 0.324 e. The van der Waals surface area contributed by atoms with E-state index in [1.165, 1.54) is 19.1 Å². The van der Waals surface area contributed by atoms with Gasteiger partial charge < -0.3 is 4.57 Å². The zero-order chi connectivity index (χ0) is 15.2. The third-order valence-corrected chi connectivity index (χ3v) is 5.79. The zero-order valence-corrected chi connectivity index (χ0v) is 13.8. The summed E-state index contributed by atoms with van der Waals surface area (Å²) in [6.07, 6.45) is 4.70. The van der Waals surface area contributed by atoms with Crippen LogP contribution in [0.3, 0.4) is 0 Å². The van der Waals surface area contributed by atoms with Crippen LogP contribution in [0.1, 0.15) is 38.1 Å². The number of nitrogens with zero attached hydrogens (tertiary/aromatic N) is 2. The quantitative estimate of drug-likeness (QED) is 0.811. The number of aromatic nitrogens is 2. The van der Waals surface area contributed by atoms with Crippen molar-refractivity contribution in [2.75, 3.05) is 6.26 Å². The van der Waals surface area contributed by atoms with Gasteiger partial charge in [0.05, 0.1) is 16.3 Å². The standard InChI is InChI=1S/C15H19ClN2O2S/c1-10-5-3-6-11(10)18-12-7-4-8-13(21(2,19)20)15(12)17-14(18)9-16/h4,7-8,10-11H,3,5-6,9H2,1-2H3. The molecule has 2 unspecified atom stereocenters. The average molecular weight is 327 g/mol. The Kier molecular flexibility index (Phi) is 3.74. The molecule has 1 fully saturated rings. The maximum atomic E-state index is 12.0. The number of rotatable bonds is 3. The van der Waals surface area contributed by atoms with Crippen molar-refractivity contribution < 1.29 is 8.42 Å². The molecule has 1 aliphatic carbocycles. The van der Waals surface area contributed by atoms with Gasteiger partial charge in [0.25, 0.3) is 0 Å². The summed E-state index contributed by atoms with van der Waals surface area (Å²) < 4.78 is 26.1. The second-order valence-electron chi connectivity index (χ2n) is 5.90. The molecule has 1 aromatic carbocycles. The first-order valence-electron chi connectivity index (χ1n) is 7.19. The minimum Gasteiger partial charge on any atom is -0.324 e. The second-order valence-corrected chi connectivity index (χ2v) is 8.15. The minimum absolute atomic E-state index is 0.288. The first-order valence-corrected chi connectivity index (χ1v) is 9.62. The van der Waals surface area contributed by atoms with E-state index in [2.05, 4.69) is 16.5 Å². The fourth-order valence-electron chi connectivity index (χ4n) is 3.41. The lowest BCUT2D eigenvalue weighted by Gasteiger charge is -2.20. The van der Waals surface area contributed by atoms with Crippen molar-refractivity contribution in [1.82, 2.24) is 9.55 Å². The van der Waals surface area contributed by atoms with Crippen LogP contribution in [0.2, 0.25) is 0 Å². The molecule has 6 heteroatoms. The molecule has 0 saturated heterocycles. The number of para-hydroxylation sites is 1. The normalized spacial score (nSPS) is 23.0. The van der Waals surface area contributed by atoms with Crippen molar-refractivity contribution in [1.29, 1.82) is 0 Å². The molecule has 0 radical (unpaired) electrons. The van der Waals surface area contributed by atoms with Crippen molar-refractivity contribution >= 4 is 32.5 Å². The van der Waals surface area contributed by atoms with Gasteiger partial charge in [0.2, 0.25) is 0 Å². The number of fused-ring (bicyclic) bond motifs is 1. The van der Waals surface area contributed by atoms with Gasteiger partial charge in [-0.05, 0) is 30.9 Å². The molecule has 1 heterocycles. The molecular weight excluding hydrogens is 308 g/mol. The van der Waals surface area contributed by atoms with E-state index in [4.69, 9.17) is 11.6 Å². The number of benzene rings is 1.